The second kappa shape index (κ2) is 3.56. The maximum Gasteiger partial charge on any atom is 0.378 e. The Morgan fingerprint density at radius 1 is 1.60 bits per heavy atom. The van der Waals surface area contributed by atoms with Gasteiger partial charge in [-0.15, -0.1) is 5.10 Å². The molecule has 2 aromatic rings. The lowest BCUT2D eigenvalue weighted by Gasteiger charge is -1.94. The number of aromatic hydroxyl groups is 1. The molecule has 6 heteroatoms. The first-order valence-corrected chi connectivity index (χ1v) is 4.43. The predicted octanol–water partition coefficient (Wildman–Crippen LogP) is 0.612. The minimum absolute atomic E-state index is 0.0116. The summed E-state index contributed by atoms with van der Waals surface area (Å²) in [5.74, 6) is -0.522. The summed E-state index contributed by atoms with van der Waals surface area (Å²) in [6.45, 7) is 1.99. The van der Waals surface area contributed by atoms with E-state index in [0.717, 1.165) is 0 Å². The molecule has 1 N–H and O–H groups in total. The molecule has 0 saturated heterocycles. The van der Waals surface area contributed by atoms with Crippen LogP contribution in [-0.2, 0) is 4.74 Å². The summed E-state index contributed by atoms with van der Waals surface area (Å²) in [5, 5.41) is 13.0. The summed E-state index contributed by atoms with van der Waals surface area (Å²) in [6.07, 6.45) is 1.37. The Hall–Kier alpha value is -2.11. The molecular formula is C9H9N3O3. The first-order valence-electron chi connectivity index (χ1n) is 4.43. The highest BCUT2D eigenvalue weighted by Gasteiger charge is 2.13. The Morgan fingerprint density at radius 3 is 3.13 bits per heavy atom. The number of carbonyl (C=O) groups excluding carboxylic acids is 1. The van der Waals surface area contributed by atoms with Gasteiger partial charge in [0.2, 0.25) is 0 Å². The summed E-state index contributed by atoms with van der Waals surface area (Å²) in [4.78, 5) is 15.2. The van der Waals surface area contributed by atoms with Gasteiger partial charge in [-0.25, -0.2) is 14.3 Å². The van der Waals surface area contributed by atoms with Crippen molar-refractivity contribution < 1.29 is 14.6 Å². The van der Waals surface area contributed by atoms with Crippen LogP contribution in [-0.4, -0.2) is 32.3 Å². The normalized spacial score (nSPS) is 10.5. The van der Waals surface area contributed by atoms with Gasteiger partial charge in [0.05, 0.1) is 12.8 Å². The van der Waals surface area contributed by atoms with Crippen molar-refractivity contribution in [1.29, 1.82) is 0 Å². The zero-order valence-corrected chi connectivity index (χ0v) is 8.04. The third kappa shape index (κ3) is 1.74. The highest BCUT2D eigenvalue weighted by molar-refractivity contribution is 5.85. The fourth-order valence-corrected chi connectivity index (χ4v) is 1.15. The Morgan fingerprint density at radius 2 is 2.40 bits per heavy atom. The van der Waals surface area contributed by atoms with E-state index in [1.54, 1.807) is 13.0 Å². The van der Waals surface area contributed by atoms with E-state index in [-0.39, 0.29) is 18.2 Å². The number of carbonyl (C=O) groups is 1. The molecule has 0 unspecified atom stereocenters. The molecule has 0 atom stereocenters. The number of nitrogens with zero attached hydrogens (tertiary/aromatic N) is 3. The van der Waals surface area contributed by atoms with Crippen molar-refractivity contribution in [3.8, 4) is 5.75 Å². The van der Waals surface area contributed by atoms with E-state index in [4.69, 9.17) is 4.74 Å². The molecule has 78 valence electrons. The van der Waals surface area contributed by atoms with Gasteiger partial charge in [-0.05, 0) is 19.1 Å². The van der Waals surface area contributed by atoms with Crippen LogP contribution in [0.1, 0.15) is 17.5 Å². The van der Waals surface area contributed by atoms with E-state index < -0.39 is 5.97 Å². The fourth-order valence-electron chi connectivity index (χ4n) is 1.15. The first kappa shape index (κ1) is 9.45. The molecule has 0 spiro atoms. The molecule has 2 aromatic heterocycles. The lowest BCUT2D eigenvalue weighted by Crippen LogP contribution is -2.06. The topological polar surface area (TPSA) is 76.7 Å². The van der Waals surface area contributed by atoms with Gasteiger partial charge >= 0.3 is 5.97 Å². The van der Waals surface area contributed by atoms with Crippen molar-refractivity contribution in [1.82, 2.24) is 14.6 Å². The van der Waals surface area contributed by atoms with Crippen molar-refractivity contribution in [2.75, 3.05) is 6.61 Å². The van der Waals surface area contributed by atoms with Gasteiger partial charge in [0, 0.05) is 0 Å². The molecule has 0 fully saturated rings. The highest BCUT2D eigenvalue weighted by Crippen LogP contribution is 2.09. The molecule has 15 heavy (non-hydrogen) atoms. The third-order valence-corrected chi connectivity index (χ3v) is 1.77. The van der Waals surface area contributed by atoms with Crippen LogP contribution < -0.4 is 0 Å². The SMILES string of the molecule is CCOC(=O)c1nc2ccc(O)cn2n1. The van der Waals surface area contributed by atoms with Crippen molar-refractivity contribution in [2.45, 2.75) is 6.92 Å². The van der Waals surface area contributed by atoms with Gasteiger partial charge in [-0.1, -0.05) is 0 Å². The highest BCUT2D eigenvalue weighted by atomic mass is 16.5. The van der Waals surface area contributed by atoms with Gasteiger partial charge in [0.15, 0.2) is 5.65 Å². The Bertz CT molecular complexity index is 506. The van der Waals surface area contributed by atoms with Crippen LogP contribution in [0.5, 0.6) is 5.75 Å². The summed E-state index contributed by atoms with van der Waals surface area (Å²) >= 11 is 0. The van der Waals surface area contributed by atoms with Gasteiger partial charge in [0.25, 0.3) is 5.82 Å². The lowest BCUT2D eigenvalue weighted by atomic mass is 10.4. The monoisotopic (exact) mass is 207 g/mol. The Kier molecular flexibility index (Phi) is 2.24. The average molecular weight is 207 g/mol. The van der Waals surface area contributed by atoms with E-state index in [9.17, 15) is 9.90 Å². The maximum atomic E-state index is 11.3. The molecule has 0 radical (unpaired) electrons. The van der Waals surface area contributed by atoms with E-state index in [1.807, 2.05) is 0 Å². The van der Waals surface area contributed by atoms with Gasteiger partial charge in [0.1, 0.15) is 5.75 Å². The maximum absolute atomic E-state index is 11.3. The molecule has 0 amide bonds. The number of ether oxygens (including phenoxy) is 1. The predicted molar refractivity (Wildman–Crippen MR) is 50.6 cm³/mol. The summed E-state index contributed by atoms with van der Waals surface area (Å²) < 4.78 is 6.07. The molecule has 0 saturated carbocycles. The van der Waals surface area contributed by atoms with Crippen LogP contribution in [0, 0.1) is 0 Å². The first-order chi connectivity index (χ1) is 7.20. The number of fused-ring (bicyclic) bond motifs is 1. The van der Waals surface area contributed by atoms with E-state index in [0.29, 0.717) is 5.65 Å². The second-order valence-electron chi connectivity index (χ2n) is 2.85. The lowest BCUT2D eigenvalue weighted by molar-refractivity contribution is 0.0512. The molecule has 0 aromatic carbocycles. The number of aromatic nitrogens is 3. The van der Waals surface area contributed by atoms with Crippen LogP contribution in [0.4, 0.5) is 0 Å². The Balaban J connectivity index is 2.42. The number of hydrogen-bond acceptors (Lipinski definition) is 5. The largest absolute Gasteiger partial charge is 0.506 e. The summed E-state index contributed by atoms with van der Waals surface area (Å²) in [6, 6.07) is 3.03. The quantitative estimate of drug-likeness (QED) is 0.730. The summed E-state index contributed by atoms with van der Waals surface area (Å²) in [7, 11) is 0. The Labute approximate surface area is 85.1 Å². The molecular weight excluding hydrogens is 198 g/mol. The summed E-state index contributed by atoms with van der Waals surface area (Å²) in [5.41, 5.74) is 0.482. The van der Waals surface area contributed by atoms with Gasteiger partial charge in [-0.2, -0.15) is 0 Å². The van der Waals surface area contributed by atoms with Crippen LogP contribution in [0.2, 0.25) is 0 Å². The third-order valence-electron chi connectivity index (χ3n) is 1.77. The van der Waals surface area contributed by atoms with Crippen molar-refractivity contribution in [2.24, 2.45) is 0 Å². The average Bonchev–Trinajstić information content (AvgIpc) is 2.60. The second-order valence-corrected chi connectivity index (χ2v) is 2.85. The standard InChI is InChI=1S/C9H9N3O3/c1-2-15-9(14)8-10-7-4-3-6(13)5-12(7)11-8/h3-5,13H,2H2,1H3. The van der Waals surface area contributed by atoms with E-state index in [2.05, 4.69) is 10.1 Å². The van der Waals surface area contributed by atoms with Crippen LogP contribution in [0.15, 0.2) is 18.3 Å². The number of pyridine rings is 1. The van der Waals surface area contributed by atoms with E-state index in [1.165, 1.54) is 16.8 Å². The van der Waals surface area contributed by atoms with Gasteiger partial charge < -0.3 is 9.84 Å². The molecule has 0 aliphatic heterocycles. The number of esters is 1. The van der Waals surface area contributed by atoms with Crippen molar-refractivity contribution in [3.05, 3.63) is 24.2 Å². The molecule has 0 bridgehead atoms. The zero-order chi connectivity index (χ0) is 10.8. The number of hydrogen-bond donors (Lipinski definition) is 1. The van der Waals surface area contributed by atoms with Crippen molar-refractivity contribution >= 4 is 11.6 Å². The van der Waals surface area contributed by atoms with Crippen LogP contribution in [0.25, 0.3) is 5.65 Å². The number of rotatable bonds is 2. The van der Waals surface area contributed by atoms with Gasteiger partial charge in [-0.3, -0.25) is 0 Å². The molecule has 2 rings (SSSR count). The molecule has 0 aliphatic rings. The smallest absolute Gasteiger partial charge is 0.378 e. The van der Waals surface area contributed by atoms with Crippen molar-refractivity contribution in [3.63, 3.8) is 0 Å². The minimum Gasteiger partial charge on any atom is -0.506 e. The van der Waals surface area contributed by atoms with E-state index >= 15 is 0 Å². The minimum atomic E-state index is -0.569. The molecule has 0 aliphatic carbocycles. The molecule has 6 nitrogen and oxygen atoms in total. The van der Waals surface area contributed by atoms with Crippen LogP contribution >= 0.6 is 0 Å². The zero-order valence-electron chi connectivity index (χ0n) is 8.04. The fraction of sp³-hybridized carbons (Fsp3) is 0.222. The van der Waals surface area contributed by atoms with Crippen LogP contribution in [0.3, 0.4) is 0 Å². The molecule has 2 heterocycles.